The lowest BCUT2D eigenvalue weighted by molar-refractivity contribution is 0.512. The monoisotopic (exact) mass is 334 g/mol. The molecule has 2 rings (SSSR count). The second-order valence-electron chi connectivity index (χ2n) is 3.70. The molecule has 0 heterocycles. The summed E-state index contributed by atoms with van der Waals surface area (Å²) in [7, 11) is 0. The lowest BCUT2D eigenvalue weighted by Gasteiger charge is -2.12. The highest BCUT2D eigenvalue weighted by Crippen LogP contribution is 2.31. The molecule has 0 unspecified atom stereocenters. The maximum atomic E-state index is 13.5. The van der Waals surface area contributed by atoms with E-state index in [1.807, 2.05) is 0 Å². The first-order valence-corrected chi connectivity index (χ1v) is 5.84. The Morgan fingerprint density at radius 1 is 0.947 bits per heavy atom. The Kier molecular flexibility index (Phi) is 3.66. The van der Waals surface area contributed by atoms with Crippen molar-refractivity contribution < 1.29 is 17.6 Å². The van der Waals surface area contributed by atoms with E-state index < -0.39 is 29.0 Å². The lowest BCUT2D eigenvalue weighted by atomic mass is 10.2. The molecule has 0 atom stereocenters. The minimum absolute atomic E-state index is 0.0215. The van der Waals surface area contributed by atoms with Gasteiger partial charge >= 0.3 is 0 Å². The van der Waals surface area contributed by atoms with Gasteiger partial charge in [-0.2, -0.15) is 0 Å². The van der Waals surface area contributed by atoms with Crippen LogP contribution in [0.2, 0.25) is 0 Å². The first kappa shape index (κ1) is 13.7. The summed E-state index contributed by atoms with van der Waals surface area (Å²) in [5.41, 5.74) is 4.74. The number of nitrogens with two attached hydrogens (primary N) is 1. The van der Waals surface area contributed by atoms with E-state index in [1.54, 1.807) is 0 Å². The SMILES string of the molecule is Nc1ccc(F)c(F)c1Nc1cc(Br)c(F)cc1F. The maximum Gasteiger partial charge on any atom is 0.184 e. The van der Waals surface area contributed by atoms with Crippen molar-refractivity contribution in [3.8, 4) is 0 Å². The van der Waals surface area contributed by atoms with E-state index in [2.05, 4.69) is 21.2 Å². The summed E-state index contributed by atoms with van der Waals surface area (Å²) in [6.07, 6.45) is 0. The summed E-state index contributed by atoms with van der Waals surface area (Å²) in [6, 6.07) is 3.66. The third kappa shape index (κ3) is 2.65. The smallest absolute Gasteiger partial charge is 0.184 e. The highest BCUT2D eigenvalue weighted by atomic mass is 79.9. The highest BCUT2D eigenvalue weighted by Gasteiger charge is 2.15. The Labute approximate surface area is 114 Å². The van der Waals surface area contributed by atoms with Gasteiger partial charge in [0.1, 0.15) is 17.3 Å². The van der Waals surface area contributed by atoms with Crippen molar-refractivity contribution in [2.75, 3.05) is 11.1 Å². The topological polar surface area (TPSA) is 38.0 Å². The summed E-state index contributed by atoms with van der Waals surface area (Å²) in [5, 5.41) is 2.31. The van der Waals surface area contributed by atoms with Gasteiger partial charge < -0.3 is 11.1 Å². The third-order valence-electron chi connectivity index (χ3n) is 2.40. The van der Waals surface area contributed by atoms with E-state index in [-0.39, 0.29) is 15.8 Å². The van der Waals surface area contributed by atoms with Gasteiger partial charge in [0.15, 0.2) is 11.6 Å². The molecule has 0 saturated carbocycles. The number of hydrogen-bond donors (Lipinski definition) is 2. The van der Waals surface area contributed by atoms with Crippen LogP contribution in [0, 0.1) is 23.3 Å². The van der Waals surface area contributed by atoms with Crippen LogP contribution in [0.15, 0.2) is 28.7 Å². The Balaban J connectivity index is 2.48. The van der Waals surface area contributed by atoms with Gasteiger partial charge in [-0.1, -0.05) is 0 Å². The Bertz CT molecular complexity index is 646. The van der Waals surface area contributed by atoms with Crippen molar-refractivity contribution in [1.82, 2.24) is 0 Å². The average molecular weight is 335 g/mol. The van der Waals surface area contributed by atoms with Crippen LogP contribution in [0.1, 0.15) is 0 Å². The van der Waals surface area contributed by atoms with Gasteiger partial charge in [0.25, 0.3) is 0 Å². The fraction of sp³-hybridized carbons (Fsp3) is 0. The summed E-state index contributed by atoms with van der Waals surface area (Å²) >= 11 is 2.86. The Morgan fingerprint density at radius 2 is 1.63 bits per heavy atom. The molecule has 0 fully saturated rings. The van der Waals surface area contributed by atoms with Crippen molar-refractivity contribution >= 4 is 33.0 Å². The Morgan fingerprint density at radius 3 is 2.32 bits per heavy atom. The number of nitrogens with one attached hydrogen (secondary N) is 1. The van der Waals surface area contributed by atoms with Crippen LogP contribution in [0.5, 0.6) is 0 Å². The quantitative estimate of drug-likeness (QED) is 0.487. The predicted octanol–water partition coefficient (Wildman–Crippen LogP) is 4.33. The lowest BCUT2D eigenvalue weighted by Crippen LogP contribution is -2.03. The van der Waals surface area contributed by atoms with Crippen LogP contribution in [0.4, 0.5) is 34.6 Å². The minimum Gasteiger partial charge on any atom is -0.397 e. The molecular weight excluding hydrogens is 328 g/mol. The van der Waals surface area contributed by atoms with Crippen molar-refractivity contribution in [3.63, 3.8) is 0 Å². The molecule has 7 heteroatoms. The van der Waals surface area contributed by atoms with Gasteiger partial charge in [0, 0.05) is 6.07 Å². The number of halogens is 5. The number of anilines is 3. The number of hydrogen-bond acceptors (Lipinski definition) is 2. The molecule has 100 valence electrons. The summed E-state index contributed by atoms with van der Waals surface area (Å²) in [4.78, 5) is 0. The summed E-state index contributed by atoms with van der Waals surface area (Å²) in [6.45, 7) is 0. The zero-order valence-electron chi connectivity index (χ0n) is 9.28. The molecule has 19 heavy (non-hydrogen) atoms. The minimum atomic E-state index is -1.24. The fourth-order valence-electron chi connectivity index (χ4n) is 1.45. The van der Waals surface area contributed by atoms with Crippen molar-refractivity contribution in [3.05, 3.63) is 52.0 Å². The standard InChI is InChI=1S/C12H7BrF4N2/c13-5-3-10(8(16)4-7(5)15)19-12-9(18)2-1-6(14)11(12)17/h1-4,19H,18H2. The predicted molar refractivity (Wildman–Crippen MR) is 68.1 cm³/mol. The first-order chi connectivity index (χ1) is 8.90. The van der Waals surface area contributed by atoms with Crippen molar-refractivity contribution in [2.24, 2.45) is 0 Å². The van der Waals surface area contributed by atoms with E-state index in [0.29, 0.717) is 6.07 Å². The van der Waals surface area contributed by atoms with E-state index in [0.717, 1.165) is 18.2 Å². The van der Waals surface area contributed by atoms with Gasteiger partial charge in [0.2, 0.25) is 0 Å². The molecule has 2 aromatic carbocycles. The van der Waals surface area contributed by atoms with Crippen LogP contribution in [0.3, 0.4) is 0 Å². The van der Waals surface area contributed by atoms with Crippen LogP contribution in [-0.2, 0) is 0 Å². The number of rotatable bonds is 2. The van der Waals surface area contributed by atoms with Crippen molar-refractivity contribution in [1.29, 1.82) is 0 Å². The molecule has 0 bridgehead atoms. The Hall–Kier alpha value is -1.76. The number of benzene rings is 2. The average Bonchev–Trinajstić information content (AvgIpc) is 2.36. The molecule has 0 aromatic heterocycles. The molecule has 0 aliphatic heterocycles. The second-order valence-corrected chi connectivity index (χ2v) is 4.55. The largest absolute Gasteiger partial charge is 0.397 e. The molecule has 0 aliphatic rings. The molecule has 2 aromatic rings. The van der Waals surface area contributed by atoms with E-state index in [9.17, 15) is 17.6 Å². The van der Waals surface area contributed by atoms with Gasteiger partial charge in [-0.05, 0) is 34.1 Å². The number of nitrogen functional groups attached to an aromatic ring is 1. The highest BCUT2D eigenvalue weighted by molar-refractivity contribution is 9.10. The van der Waals surface area contributed by atoms with Crippen LogP contribution in [-0.4, -0.2) is 0 Å². The molecule has 0 aliphatic carbocycles. The molecular formula is C12H7BrF4N2. The fourth-order valence-corrected chi connectivity index (χ4v) is 1.79. The van der Waals surface area contributed by atoms with Gasteiger partial charge in [-0.15, -0.1) is 0 Å². The summed E-state index contributed by atoms with van der Waals surface area (Å²) in [5.74, 6) is -4.13. The van der Waals surface area contributed by atoms with Crippen molar-refractivity contribution in [2.45, 2.75) is 0 Å². The molecule has 3 N–H and O–H groups in total. The maximum absolute atomic E-state index is 13.5. The third-order valence-corrected chi connectivity index (χ3v) is 3.00. The second kappa shape index (κ2) is 5.08. The molecule has 0 spiro atoms. The first-order valence-electron chi connectivity index (χ1n) is 5.05. The molecule has 0 saturated heterocycles. The molecule has 0 amide bonds. The molecule has 0 radical (unpaired) electrons. The van der Waals surface area contributed by atoms with Gasteiger partial charge in [0.05, 0.1) is 15.8 Å². The van der Waals surface area contributed by atoms with E-state index in [1.165, 1.54) is 0 Å². The van der Waals surface area contributed by atoms with E-state index >= 15 is 0 Å². The van der Waals surface area contributed by atoms with E-state index in [4.69, 9.17) is 5.73 Å². The summed E-state index contributed by atoms with van der Waals surface area (Å²) < 4.78 is 53.1. The van der Waals surface area contributed by atoms with Gasteiger partial charge in [-0.3, -0.25) is 0 Å². The zero-order chi connectivity index (χ0) is 14.2. The zero-order valence-corrected chi connectivity index (χ0v) is 10.9. The van der Waals surface area contributed by atoms with Gasteiger partial charge in [-0.25, -0.2) is 17.6 Å². The van der Waals surface area contributed by atoms with Crippen LogP contribution in [0.25, 0.3) is 0 Å². The molecule has 2 nitrogen and oxygen atoms in total. The van der Waals surface area contributed by atoms with Crippen LogP contribution < -0.4 is 11.1 Å². The van der Waals surface area contributed by atoms with Crippen LogP contribution >= 0.6 is 15.9 Å². The normalized spacial score (nSPS) is 10.6.